The lowest BCUT2D eigenvalue weighted by Crippen LogP contribution is -2.21. The van der Waals surface area contributed by atoms with Crippen molar-refractivity contribution < 1.29 is 4.74 Å². The maximum atomic E-state index is 6.34. The highest BCUT2D eigenvalue weighted by molar-refractivity contribution is 6.03. The van der Waals surface area contributed by atoms with Gasteiger partial charge in [-0.15, -0.1) is 0 Å². The molecule has 2 aliphatic heterocycles. The van der Waals surface area contributed by atoms with Crippen LogP contribution in [0.5, 0.6) is 0 Å². The highest BCUT2D eigenvalue weighted by Crippen LogP contribution is 2.44. The monoisotopic (exact) mass is 369 g/mol. The zero-order chi connectivity index (χ0) is 21.0. The maximum absolute atomic E-state index is 6.34. The molecular weight excluding hydrogens is 330 g/mol. The third-order valence-electron chi connectivity index (χ3n) is 4.89. The topological polar surface area (TPSA) is 21.6 Å². The molecule has 27 heavy (non-hydrogen) atoms. The van der Waals surface area contributed by atoms with Gasteiger partial charge < -0.3 is 4.74 Å². The van der Waals surface area contributed by atoms with E-state index >= 15 is 0 Å². The first-order chi connectivity index (χ1) is 11.9. The van der Waals surface area contributed by atoms with Gasteiger partial charge in [0.05, 0.1) is 5.70 Å². The number of hydrogen-bond acceptors (Lipinski definition) is 2. The van der Waals surface area contributed by atoms with Gasteiger partial charge in [0.1, 0.15) is 11.5 Å². The van der Waals surface area contributed by atoms with E-state index in [1.54, 1.807) is 0 Å². The van der Waals surface area contributed by atoms with Crippen LogP contribution in [-0.4, -0.2) is 5.71 Å². The second-order valence-electron chi connectivity index (χ2n) is 12.0. The summed E-state index contributed by atoms with van der Waals surface area (Å²) in [6, 6.07) is 0. The normalized spacial score (nSPS) is 19.4. The fourth-order valence-electron chi connectivity index (χ4n) is 2.97. The van der Waals surface area contributed by atoms with E-state index in [0.29, 0.717) is 0 Å². The summed E-state index contributed by atoms with van der Waals surface area (Å²) in [5.41, 5.74) is 4.65. The van der Waals surface area contributed by atoms with Crippen LogP contribution in [-0.2, 0) is 4.74 Å². The Kier molecular flexibility index (Phi) is 5.23. The van der Waals surface area contributed by atoms with Gasteiger partial charge in [-0.3, -0.25) is 4.99 Å². The molecule has 0 aromatic heterocycles. The van der Waals surface area contributed by atoms with Gasteiger partial charge in [-0.2, -0.15) is 0 Å². The van der Waals surface area contributed by atoms with Crippen LogP contribution in [0.4, 0.5) is 0 Å². The summed E-state index contributed by atoms with van der Waals surface area (Å²) < 4.78 is 6.34. The average Bonchev–Trinajstić information content (AvgIpc) is 2.90. The largest absolute Gasteiger partial charge is 0.465 e. The van der Waals surface area contributed by atoms with Crippen LogP contribution in [0.15, 0.2) is 51.6 Å². The molecule has 150 valence electrons. The zero-order valence-electron chi connectivity index (χ0n) is 19.6. The molecule has 0 N–H and O–H groups in total. The molecule has 0 aliphatic carbocycles. The fourth-order valence-corrected chi connectivity index (χ4v) is 2.97. The quantitative estimate of drug-likeness (QED) is 0.430. The molecule has 0 bridgehead atoms. The Morgan fingerprint density at radius 3 is 1.37 bits per heavy atom. The lowest BCUT2D eigenvalue weighted by atomic mass is 9.80. The summed E-state index contributed by atoms with van der Waals surface area (Å²) in [6.07, 6.45) is 6.69. The van der Waals surface area contributed by atoms with Crippen molar-refractivity contribution in [2.75, 3.05) is 0 Å². The molecule has 0 aromatic carbocycles. The van der Waals surface area contributed by atoms with Crippen LogP contribution >= 0.6 is 0 Å². The van der Waals surface area contributed by atoms with Crippen molar-refractivity contribution in [2.24, 2.45) is 26.7 Å². The summed E-state index contributed by atoms with van der Waals surface area (Å²) in [5, 5.41) is 0. The molecule has 2 heterocycles. The van der Waals surface area contributed by atoms with Crippen LogP contribution in [0, 0.1) is 21.7 Å². The lowest BCUT2D eigenvalue weighted by Gasteiger charge is -2.33. The van der Waals surface area contributed by atoms with Crippen molar-refractivity contribution in [3.63, 3.8) is 0 Å². The third-order valence-corrected chi connectivity index (χ3v) is 4.89. The fraction of sp³-hybridized carbons (Fsp3) is 0.640. The number of rotatable bonds is 0. The summed E-state index contributed by atoms with van der Waals surface area (Å²) in [7, 11) is 0. The van der Waals surface area contributed by atoms with Crippen molar-refractivity contribution in [3.05, 3.63) is 46.6 Å². The second-order valence-corrected chi connectivity index (χ2v) is 12.0. The molecule has 0 aromatic rings. The van der Waals surface area contributed by atoms with Crippen LogP contribution in [0.25, 0.3) is 0 Å². The number of ether oxygens (including phenoxy) is 1. The summed E-state index contributed by atoms with van der Waals surface area (Å²) >= 11 is 0. The van der Waals surface area contributed by atoms with Crippen molar-refractivity contribution >= 4 is 5.71 Å². The summed E-state index contributed by atoms with van der Waals surface area (Å²) in [5.74, 6) is 2.01. The van der Waals surface area contributed by atoms with E-state index in [0.717, 1.165) is 28.5 Å². The van der Waals surface area contributed by atoms with Gasteiger partial charge in [-0.1, -0.05) is 83.1 Å². The molecule has 0 atom stereocenters. The Balaban J connectivity index is 2.77. The van der Waals surface area contributed by atoms with Crippen LogP contribution in [0.3, 0.4) is 0 Å². The first-order valence-corrected chi connectivity index (χ1v) is 10.1. The molecule has 2 nitrogen and oxygen atoms in total. The van der Waals surface area contributed by atoms with Crippen LogP contribution in [0.1, 0.15) is 83.1 Å². The molecule has 0 amide bonds. The van der Waals surface area contributed by atoms with Crippen molar-refractivity contribution in [3.8, 4) is 0 Å². The maximum Gasteiger partial charge on any atom is 0.110 e. The Bertz CT molecular complexity index is 738. The average molecular weight is 370 g/mol. The Morgan fingerprint density at radius 1 is 0.593 bits per heavy atom. The molecule has 0 radical (unpaired) electrons. The number of aliphatic imine (C=N–C) groups is 1. The van der Waals surface area contributed by atoms with Gasteiger partial charge in [0.2, 0.25) is 0 Å². The first-order valence-electron chi connectivity index (χ1n) is 10.1. The van der Waals surface area contributed by atoms with E-state index in [4.69, 9.17) is 9.73 Å². The first kappa shape index (κ1) is 21.7. The van der Waals surface area contributed by atoms with Crippen LogP contribution < -0.4 is 0 Å². The van der Waals surface area contributed by atoms with Gasteiger partial charge in [-0.05, 0) is 29.2 Å². The summed E-state index contributed by atoms with van der Waals surface area (Å²) in [6.45, 7) is 26.7. The molecule has 0 saturated heterocycles. The van der Waals surface area contributed by atoms with Crippen LogP contribution in [0.2, 0.25) is 0 Å². The van der Waals surface area contributed by atoms with Gasteiger partial charge in [0.15, 0.2) is 0 Å². The molecular formula is C25H39NO. The number of hydrogen-bond donors (Lipinski definition) is 0. The van der Waals surface area contributed by atoms with E-state index < -0.39 is 0 Å². The lowest BCUT2D eigenvalue weighted by molar-refractivity contribution is 0.161. The van der Waals surface area contributed by atoms with Crippen molar-refractivity contribution in [1.29, 1.82) is 0 Å². The van der Waals surface area contributed by atoms with E-state index in [-0.39, 0.29) is 21.7 Å². The Labute approximate surface area is 167 Å². The molecule has 0 fully saturated rings. The minimum atomic E-state index is -0.0582. The predicted molar refractivity (Wildman–Crippen MR) is 118 cm³/mol. The van der Waals surface area contributed by atoms with Gasteiger partial charge in [0.25, 0.3) is 0 Å². The zero-order valence-corrected chi connectivity index (χ0v) is 19.6. The SMILES string of the molecule is CC(C)(C)C1=CC(=C2N=C(C(C)(C)C)C=C2C(C)(C)C)C=C(C(C)(C)C)O1. The standard InChI is InChI=1S/C25H39NO/c1-22(2,3)17-15-18(23(4,5)6)26-21(17)16-13-19(24(7,8)9)27-20(14-16)25(10,11)12/h13-15H,1-12H3. The molecule has 0 spiro atoms. The van der Waals surface area contributed by atoms with E-state index in [9.17, 15) is 0 Å². The minimum absolute atomic E-state index is 0.0249. The summed E-state index contributed by atoms with van der Waals surface area (Å²) in [4.78, 5) is 5.12. The molecule has 0 saturated carbocycles. The van der Waals surface area contributed by atoms with Gasteiger partial charge >= 0.3 is 0 Å². The van der Waals surface area contributed by atoms with Gasteiger partial charge in [-0.25, -0.2) is 0 Å². The molecule has 2 heteroatoms. The second kappa shape index (κ2) is 6.50. The Morgan fingerprint density at radius 2 is 1.04 bits per heavy atom. The predicted octanol–water partition coefficient (Wildman–Crippen LogP) is 7.60. The molecule has 0 unspecified atom stereocenters. The highest BCUT2D eigenvalue weighted by atomic mass is 16.5. The molecule has 2 aliphatic rings. The van der Waals surface area contributed by atoms with E-state index in [1.807, 2.05) is 0 Å². The van der Waals surface area contributed by atoms with E-state index in [1.165, 1.54) is 5.57 Å². The third kappa shape index (κ3) is 4.83. The van der Waals surface area contributed by atoms with Gasteiger partial charge in [0, 0.05) is 27.5 Å². The smallest absolute Gasteiger partial charge is 0.110 e. The highest BCUT2D eigenvalue weighted by Gasteiger charge is 2.34. The van der Waals surface area contributed by atoms with E-state index in [2.05, 4.69) is 101 Å². The number of nitrogens with zero attached hydrogens (tertiary/aromatic N) is 1. The Hall–Kier alpha value is -1.57. The molecule has 2 rings (SSSR count). The minimum Gasteiger partial charge on any atom is -0.465 e. The number of allylic oxidation sites excluding steroid dienone is 7. The van der Waals surface area contributed by atoms with Crippen molar-refractivity contribution in [1.82, 2.24) is 0 Å². The van der Waals surface area contributed by atoms with Crippen molar-refractivity contribution in [2.45, 2.75) is 83.1 Å².